The standard InChI is InChI=1S/C15H27N/c1-7-9-14-13(10-15(5,6)8-2)11(3)12(4)16-14/h16H,7-10H2,1-6H3. The van der Waals surface area contributed by atoms with Gasteiger partial charge < -0.3 is 4.98 Å². The molecule has 1 aromatic rings. The lowest BCUT2D eigenvalue weighted by molar-refractivity contribution is 0.347. The van der Waals surface area contributed by atoms with E-state index < -0.39 is 0 Å². The van der Waals surface area contributed by atoms with Crippen molar-refractivity contribution in [2.24, 2.45) is 5.41 Å². The van der Waals surface area contributed by atoms with Gasteiger partial charge >= 0.3 is 0 Å². The largest absolute Gasteiger partial charge is 0.362 e. The molecule has 0 aliphatic rings. The van der Waals surface area contributed by atoms with E-state index in [4.69, 9.17) is 0 Å². The predicted octanol–water partition coefficient (Wildman–Crippen LogP) is 4.56. The van der Waals surface area contributed by atoms with Crippen LogP contribution in [0.5, 0.6) is 0 Å². The predicted molar refractivity (Wildman–Crippen MR) is 72.0 cm³/mol. The summed E-state index contributed by atoms with van der Waals surface area (Å²) >= 11 is 0. The third-order valence-electron chi connectivity index (χ3n) is 3.83. The molecule has 0 bridgehead atoms. The van der Waals surface area contributed by atoms with Crippen molar-refractivity contribution in [3.8, 4) is 0 Å². The summed E-state index contributed by atoms with van der Waals surface area (Å²) in [6.45, 7) is 13.7. The highest BCUT2D eigenvalue weighted by atomic mass is 14.7. The number of hydrogen-bond acceptors (Lipinski definition) is 0. The maximum Gasteiger partial charge on any atom is 0.0184 e. The van der Waals surface area contributed by atoms with Gasteiger partial charge in [0.1, 0.15) is 0 Å². The first-order valence-corrected chi connectivity index (χ1v) is 6.58. The van der Waals surface area contributed by atoms with E-state index >= 15 is 0 Å². The third kappa shape index (κ3) is 2.90. The minimum absolute atomic E-state index is 0.419. The van der Waals surface area contributed by atoms with Gasteiger partial charge in [0.2, 0.25) is 0 Å². The summed E-state index contributed by atoms with van der Waals surface area (Å²) in [5.41, 5.74) is 6.29. The van der Waals surface area contributed by atoms with E-state index in [0.717, 1.165) is 0 Å². The van der Waals surface area contributed by atoms with Gasteiger partial charge in [-0.2, -0.15) is 0 Å². The van der Waals surface area contributed by atoms with Crippen LogP contribution in [0.25, 0.3) is 0 Å². The van der Waals surface area contributed by atoms with E-state index in [-0.39, 0.29) is 0 Å². The van der Waals surface area contributed by atoms with E-state index in [0.29, 0.717) is 5.41 Å². The van der Waals surface area contributed by atoms with Crippen LogP contribution in [-0.2, 0) is 12.8 Å². The van der Waals surface area contributed by atoms with E-state index in [1.807, 2.05) is 0 Å². The maximum absolute atomic E-state index is 3.56. The van der Waals surface area contributed by atoms with Gasteiger partial charge in [0.15, 0.2) is 0 Å². The zero-order valence-electron chi connectivity index (χ0n) is 11.8. The number of rotatable bonds is 5. The van der Waals surface area contributed by atoms with Crippen molar-refractivity contribution >= 4 is 0 Å². The molecule has 0 aliphatic carbocycles. The van der Waals surface area contributed by atoms with Crippen molar-refractivity contribution in [1.82, 2.24) is 4.98 Å². The zero-order chi connectivity index (χ0) is 12.3. The van der Waals surface area contributed by atoms with Crippen LogP contribution in [0.2, 0.25) is 0 Å². The molecule has 92 valence electrons. The molecule has 16 heavy (non-hydrogen) atoms. The molecular formula is C15H27N. The zero-order valence-corrected chi connectivity index (χ0v) is 11.8. The molecule has 0 spiro atoms. The second kappa shape index (κ2) is 5.07. The molecule has 0 aromatic carbocycles. The first kappa shape index (κ1) is 13.3. The smallest absolute Gasteiger partial charge is 0.0184 e. The fraction of sp³-hybridized carbons (Fsp3) is 0.733. The number of aryl methyl sites for hydroxylation is 2. The minimum Gasteiger partial charge on any atom is -0.362 e. The van der Waals surface area contributed by atoms with Crippen LogP contribution in [0.3, 0.4) is 0 Å². The fourth-order valence-electron chi connectivity index (χ4n) is 2.15. The monoisotopic (exact) mass is 221 g/mol. The van der Waals surface area contributed by atoms with Crippen LogP contribution < -0.4 is 0 Å². The van der Waals surface area contributed by atoms with Crippen LogP contribution in [0.4, 0.5) is 0 Å². The highest BCUT2D eigenvalue weighted by Crippen LogP contribution is 2.30. The highest BCUT2D eigenvalue weighted by molar-refractivity contribution is 5.36. The number of aromatic nitrogens is 1. The molecule has 0 saturated carbocycles. The lowest BCUT2D eigenvalue weighted by atomic mass is 9.82. The molecule has 1 heteroatoms. The second-order valence-corrected chi connectivity index (χ2v) is 5.78. The summed E-state index contributed by atoms with van der Waals surface area (Å²) in [5, 5.41) is 0. The SMILES string of the molecule is CCCc1[nH]c(C)c(C)c1CC(C)(C)CC. The number of aromatic amines is 1. The first-order valence-electron chi connectivity index (χ1n) is 6.58. The Labute approximate surface area is 101 Å². The normalized spacial score (nSPS) is 12.1. The lowest BCUT2D eigenvalue weighted by Crippen LogP contribution is -2.14. The van der Waals surface area contributed by atoms with E-state index in [9.17, 15) is 0 Å². The summed E-state index contributed by atoms with van der Waals surface area (Å²) in [4.78, 5) is 3.56. The second-order valence-electron chi connectivity index (χ2n) is 5.78. The van der Waals surface area contributed by atoms with Crippen molar-refractivity contribution in [2.45, 2.75) is 67.2 Å². The highest BCUT2D eigenvalue weighted by Gasteiger charge is 2.20. The number of H-pyrrole nitrogens is 1. The molecule has 0 fully saturated rings. The van der Waals surface area contributed by atoms with Crippen LogP contribution in [0.1, 0.15) is 63.1 Å². The Hall–Kier alpha value is -0.720. The molecule has 0 unspecified atom stereocenters. The molecule has 1 aromatic heterocycles. The van der Waals surface area contributed by atoms with Crippen LogP contribution in [0, 0.1) is 19.3 Å². The molecule has 0 aliphatic heterocycles. The quantitative estimate of drug-likeness (QED) is 0.750. The molecule has 0 saturated heterocycles. The summed E-state index contributed by atoms with van der Waals surface area (Å²) in [6.07, 6.45) is 4.85. The summed E-state index contributed by atoms with van der Waals surface area (Å²) in [7, 11) is 0. The summed E-state index contributed by atoms with van der Waals surface area (Å²) in [5.74, 6) is 0. The van der Waals surface area contributed by atoms with Crippen LogP contribution >= 0.6 is 0 Å². The van der Waals surface area contributed by atoms with E-state index in [2.05, 4.69) is 46.5 Å². The van der Waals surface area contributed by atoms with Crippen molar-refractivity contribution < 1.29 is 0 Å². The topological polar surface area (TPSA) is 15.8 Å². The van der Waals surface area contributed by atoms with Gasteiger partial charge in [0, 0.05) is 11.4 Å². The minimum atomic E-state index is 0.419. The van der Waals surface area contributed by atoms with Gasteiger partial charge in [0.25, 0.3) is 0 Å². The summed E-state index contributed by atoms with van der Waals surface area (Å²) in [6, 6.07) is 0. The van der Waals surface area contributed by atoms with Gasteiger partial charge in [-0.1, -0.05) is 40.5 Å². The molecule has 0 radical (unpaired) electrons. The number of nitrogens with one attached hydrogen (secondary N) is 1. The molecule has 1 N–H and O–H groups in total. The van der Waals surface area contributed by atoms with Crippen LogP contribution in [0.15, 0.2) is 0 Å². The lowest BCUT2D eigenvalue weighted by Gasteiger charge is -2.23. The Bertz CT molecular complexity index is 345. The molecular weight excluding hydrogens is 194 g/mol. The third-order valence-corrected chi connectivity index (χ3v) is 3.83. The molecule has 1 nitrogen and oxygen atoms in total. The Kier molecular flexibility index (Phi) is 4.23. The Morgan fingerprint density at radius 1 is 1.12 bits per heavy atom. The first-order chi connectivity index (χ1) is 7.41. The molecule has 0 atom stereocenters. The van der Waals surface area contributed by atoms with E-state index in [1.165, 1.54) is 42.6 Å². The van der Waals surface area contributed by atoms with Gasteiger partial charge in [-0.05, 0) is 43.2 Å². The van der Waals surface area contributed by atoms with E-state index in [1.54, 1.807) is 5.56 Å². The molecule has 1 heterocycles. The average Bonchev–Trinajstić information content (AvgIpc) is 2.47. The van der Waals surface area contributed by atoms with Crippen LogP contribution in [-0.4, -0.2) is 4.98 Å². The maximum atomic E-state index is 3.56. The van der Waals surface area contributed by atoms with Gasteiger partial charge in [-0.15, -0.1) is 0 Å². The van der Waals surface area contributed by atoms with Gasteiger partial charge in [-0.25, -0.2) is 0 Å². The van der Waals surface area contributed by atoms with Crippen molar-refractivity contribution in [3.05, 3.63) is 22.5 Å². The molecule has 1 rings (SSSR count). The Morgan fingerprint density at radius 3 is 2.25 bits per heavy atom. The Balaban J connectivity index is 3.01. The Morgan fingerprint density at radius 2 is 1.75 bits per heavy atom. The van der Waals surface area contributed by atoms with Gasteiger partial charge in [0.05, 0.1) is 0 Å². The number of hydrogen-bond donors (Lipinski definition) is 1. The van der Waals surface area contributed by atoms with Crippen molar-refractivity contribution in [3.63, 3.8) is 0 Å². The van der Waals surface area contributed by atoms with Gasteiger partial charge in [-0.3, -0.25) is 0 Å². The fourth-order valence-corrected chi connectivity index (χ4v) is 2.15. The summed E-state index contributed by atoms with van der Waals surface area (Å²) < 4.78 is 0. The molecule has 0 amide bonds. The average molecular weight is 221 g/mol. The van der Waals surface area contributed by atoms with Crippen molar-refractivity contribution in [2.75, 3.05) is 0 Å². The van der Waals surface area contributed by atoms with Crippen molar-refractivity contribution in [1.29, 1.82) is 0 Å².